The molecule has 0 aliphatic rings. The zero-order chi connectivity index (χ0) is 15.8. The zero-order valence-electron chi connectivity index (χ0n) is 10.0. The summed E-state index contributed by atoms with van der Waals surface area (Å²) in [6, 6.07) is 6.18. The van der Waals surface area contributed by atoms with Crippen LogP contribution in [-0.4, -0.2) is 8.42 Å². The highest BCUT2D eigenvalue weighted by Gasteiger charge is 2.21. The normalized spacial score (nSPS) is 11.5. The molecule has 0 radical (unpaired) electrons. The van der Waals surface area contributed by atoms with E-state index in [1.54, 1.807) is 0 Å². The highest BCUT2D eigenvalue weighted by Crippen LogP contribution is 2.34. The van der Waals surface area contributed by atoms with Crippen molar-refractivity contribution in [2.75, 3.05) is 4.72 Å². The molecule has 2 aromatic rings. The van der Waals surface area contributed by atoms with Gasteiger partial charge < -0.3 is 0 Å². The van der Waals surface area contributed by atoms with E-state index >= 15 is 0 Å². The van der Waals surface area contributed by atoms with Crippen LogP contribution < -0.4 is 4.72 Å². The Morgan fingerprint density at radius 2 is 1.57 bits per heavy atom. The molecule has 0 aliphatic heterocycles. The Bertz CT molecular complexity index is 791. The summed E-state index contributed by atoms with van der Waals surface area (Å²) in [5.41, 5.74) is -0.112. The van der Waals surface area contributed by atoms with Crippen molar-refractivity contribution in [1.82, 2.24) is 0 Å². The molecule has 112 valence electrons. The molecule has 0 fully saturated rings. The average molecular weight is 434 g/mol. The van der Waals surface area contributed by atoms with E-state index in [0.29, 0.717) is 4.47 Å². The molecule has 0 spiro atoms. The van der Waals surface area contributed by atoms with Gasteiger partial charge in [-0.2, -0.15) is 0 Å². The van der Waals surface area contributed by atoms with Crippen LogP contribution in [0.15, 0.2) is 39.7 Å². The maximum atomic E-state index is 13.1. The van der Waals surface area contributed by atoms with E-state index < -0.39 is 15.8 Å². The molecule has 0 unspecified atom stereocenters. The van der Waals surface area contributed by atoms with Crippen LogP contribution in [-0.2, 0) is 10.0 Å². The molecule has 9 heteroatoms. The molecule has 2 aromatic carbocycles. The van der Waals surface area contributed by atoms with Gasteiger partial charge in [0.2, 0.25) is 0 Å². The lowest BCUT2D eigenvalue weighted by atomic mass is 10.3. The second-order valence-electron chi connectivity index (χ2n) is 3.92. The van der Waals surface area contributed by atoms with Gasteiger partial charge in [0.1, 0.15) is 10.7 Å². The van der Waals surface area contributed by atoms with Crippen LogP contribution in [0.4, 0.5) is 10.1 Å². The second kappa shape index (κ2) is 6.30. The van der Waals surface area contributed by atoms with Gasteiger partial charge in [0.25, 0.3) is 10.0 Å². The van der Waals surface area contributed by atoms with E-state index in [4.69, 9.17) is 34.8 Å². The molecule has 0 aromatic heterocycles. The quantitative estimate of drug-likeness (QED) is 0.709. The van der Waals surface area contributed by atoms with Crippen molar-refractivity contribution in [3.05, 3.63) is 55.7 Å². The number of nitrogens with one attached hydrogen (secondary N) is 1. The van der Waals surface area contributed by atoms with Crippen LogP contribution in [0.3, 0.4) is 0 Å². The minimum absolute atomic E-state index is 0.0197. The number of hydrogen-bond donors (Lipinski definition) is 1. The predicted octanol–water partition coefficient (Wildman–Crippen LogP) is 5.35. The summed E-state index contributed by atoms with van der Waals surface area (Å²) in [6.45, 7) is 0. The SMILES string of the molecule is O=S(=O)(Nc1c(Cl)cc(F)cc1Cl)c1ccc(Br)cc1Cl. The molecule has 0 heterocycles. The number of anilines is 1. The monoisotopic (exact) mass is 431 g/mol. The first-order chi connectivity index (χ1) is 9.70. The average Bonchev–Trinajstić information content (AvgIpc) is 2.33. The van der Waals surface area contributed by atoms with Crippen LogP contribution >= 0.6 is 50.7 Å². The fraction of sp³-hybridized carbons (Fsp3) is 0. The van der Waals surface area contributed by atoms with Gasteiger partial charge in [-0.25, -0.2) is 12.8 Å². The van der Waals surface area contributed by atoms with E-state index in [9.17, 15) is 12.8 Å². The van der Waals surface area contributed by atoms with Crippen molar-refractivity contribution in [1.29, 1.82) is 0 Å². The Kier molecular flexibility index (Phi) is 5.05. The van der Waals surface area contributed by atoms with Crippen LogP contribution in [0.1, 0.15) is 0 Å². The maximum absolute atomic E-state index is 13.1. The molecule has 0 aliphatic carbocycles. The van der Waals surface area contributed by atoms with Gasteiger partial charge in [0, 0.05) is 4.47 Å². The third kappa shape index (κ3) is 3.81. The Hall–Kier alpha value is -0.530. The van der Waals surface area contributed by atoms with Crippen molar-refractivity contribution in [3.63, 3.8) is 0 Å². The summed E-state index contributed by atoms with van der Waals surface area (Å²) >= 11 is 20.7. The number of rotatable bonds is 3. The number of halogens is 5. The van der Waals surface area contributed by atoms with Crippen LogP contribution in [0, 0.1) is 5.82 Å². The minimum Gasteiger partial charge on any atom is -0.277 e. The molecule has 0 atom stereocenters. The van der Waals surface area contributed by atoms with Crippen LogP contribution in [0.5, 0.6) is 0 Å². The van der Waals surface area contributed by atoms with Crippen LogP contribution in [0.25, 0.3) is 0 Å². The second-order valence-corrected chi connectivity index (χ2v) is 7.71. The van der Waals surface area contributed by atoms with Crippen molar-refractivity contribution in [3.8, 4) is 0 Å². The van der Waals surface area contributed by atoms with E-state index in [0.717, 1.165) is 12.1 Å². The van der Waals surface area contributed by atoms with Crippen LogP contribution in [0.2, 0.25) is 15.1 Å². The maximum Gasteiger partial charge on any atom is 0.263 e. The Balaban J connectivity index is 2.47. The number of hydrogen-bond acceptors (Lipinski definition) is 2. The molecule has 0 bridgehead atoms. The van der Waals surface area contributed by atoms with Crippen molar-refractivity contribution in [2.24, 2.45) is 0 Å². The lowest BCUT2D eigenvalue weighted by molar-refractivity contribution is 0.601. The summed E-state index contributed by atoms with van der Waals surface area (Å²) in [6.07, 6.45) is 0. The fourth-order valence-electron chi connectivity index (χ4n) is 1.52. The molecule has 2 rings (SSSR count). The first kappa shape index (κ1) is 16.8. The van der Waals surface area contributed by atoms with E-state index in [1.165, 1.54) is 18.2 Å². The third-order valence-electron chi connectivity index (χ3n) is 2.43. The van der Waals surface area contributed by atoms with E-state index in [2.05, 4.69) is 20.7 Å². The summed E-state index contributed by atoms with van der Waals surface area (Å²) in [5.74, 6) is -0.672. The predicted molar refractivity (Wildman–Crippen MR) is 86.4 cm³/mol. The van der Waals surface area contributed by atoms with Gasteiger partial charge in [0.15, 0.2) is 0 Å². The third-order valence-corrected chi connectivity index (χ3v) is 5.35. The van der Waals surface area contributed by atoms with Crippen molar-refractivity contribution < 1.29 is 12.8 Å². The molecule has 3 nitrogen and oxygen atoms in total. The Morgan fingerprint density at radius 3 is 2.10 bits per heavy atom. The fourth-order valence-corrected chi connectivity index (χ4v) is 4.33. The molecule has 21 heavy (non-hydrogen) atoms. The zero-order valence-corrected chi connectivity index (χ0v) is 14.7. The molecular weight excluding hydrogens is 427 g/mol. The largest absolute Gasteiger partial charge is 0.277 e. The van der Waals surface area contributed by atoms with E-state index in [1.807, 2.05) is 0 Å². The number of sulfonamides is 1. The molecule has 0 saturated heterocycles. The highest BCUT2D eigenvalue weighted by molar-refractivity contribution is 9.10. The topological polar surface area (TPSA) is 46.2 Å². The lowest BCUT2D eigenvalue weighted by Gasteiger charge is -2.12. The first-order valence-corrected chi connectivity index (χ1v) is 8.74. The summed E-state index contributed by atoms with van der Waals surface area (Å²) < 4.78 is 40.5. The first-order valence-electron chi connectivity index (χ1n) is 5.33. The van der Waals surface area contributed by atoms with Gasteiger partial charge in [-0.3, -0.25) is 4.72 Å². The highest BCUT2D eigenvalue weighted by atomic mass is 79.9. The van der Waals surface area contributed by atoms with Gasteiger partial charge in [-0.1, -0.05) is 50.7 Å². The number of benzene rings is 2. The van der Waals surface area contributed by atoms with Gasteiger partial charge in [-0.15, -0.1) is 0 Å². The molecule has 0 amide bonds. The Labute approximate surface area is 144 Å². The summed E-state index contributed by atoms with van der Waals surface area (Å²) in [5, 5.41) is -0.292. The molecular formula is C12H6BrCl3FNO2S. The van der Waals surface area contributed by atoms with E-state index in [-0.39, 0.29) is 25.7 Å². The van der Waals surface area contributed by atoms with Gasteiger partial charge in [-0.05, 0) is 30.3 Å². The molecule has 1 N–H and O–H groups in total. The summed E-state index contributed by atoms with van der Waals surface area (Å²) in [4.78, 5) is -0.149. The lowest BCUT2D eigenvalue weighted by Crippen LogP contribution is -2.14. The van der Waals surface area contributed by atoms with Crippen molar-refractivity contribution >= 4 is 66.4 Å². The smallest absolute Gasteiger partial charge is 0.263 e. The van der Waals surface area contributed by atoms with Gasteiger partial charge in [0.05, 0.1) is 20.8 Å². The summed E-state index contributed by atoms with van der Waals surface area (Å²) in [7, 11) is -4.01. The van der Waals surface area contributed by atoms with Gasteiger partial charge >= 0.3 is 0 Å². The standard InChI is InChI=1S/C12H6BrCl3FNO2S/c13-6-1-2-11(8(14)3-6)21(19,20)18-12-9(15)4-7(17)5-10(12)16/h1-5,18H. The Morgan fingerprint density at radius 1 is 1.00 bits per heavy atom. The minimum atomic E-state index is -4.01. The molecule has 0 saturated carbocycles. The van der Waals surface area contributed by atoms with Crippen molar-refractivity contribution in [2.45, 2.75) is 4.90 Å².